The van der Waals surface area contributed by atoms with Crippen LogP contribution >= 0.6 is 11.3 Å². The van der Waals surface area contributed by atoms with Crippen molar-refractivity contribution in [3.05, 3.63) is 45.9 Å². The zero-order valence-electron chi connectivity index (χ0n) is 10.9. The molecule has 0 aliphatic carbocycles. The number of methoxy groups -OCH3 is 2. The van der Waals surface area contributed by atoms with Crippen molar-refractivity contribution < 1.29 is 14.3 Å². The maximum atomic E-state index is 11.2. The van der Waals surface area contributed by atoms with Crippen LogP contribution in [-0.2, 0) is 22.4 Å². The quantitative estimate of drug-likeness (QED) is 0.788. The van der Waals surface area contributed by atoms with Crippen molar-refractivity contribution in [1.82, 2.24) is 4.98 Å². The number of benzene rings is 1. The standard InChI is InChI=1S/C14H15NO3S/c1-17-12-5-3-4-10(6-12)7-13-15-11(9-19-13)8-14(16)18-2/h3-6,9H,7-8H2,1-2H3. The molecule has 4 nitrogen and oxygen atoms in total. The summed E-state index contributed by atoms with van der Waals surface area (Å²) in [6, 6.07) is 7.89. The van der Waals surface area contributed by atoms with Crippen LogP contribution in [0.3, 0.4) is 0 Å². The summed E-state index contributed by atoms with van der Waals surface area (Å²) >= 11 is 1.55. The predicted molar refractivity (Wildman–Crippen MR) is 73.6 cm³/mol. The average Bonchev–Trinajstić information content (AvgIpc) is 2.86. The second-order valence-corrected chi connectivity index (χ2v) is 4.96. The molecule has 0 saturated heterocycles. The minimum absolute atomic E-state index is 0.227. The lowest BCUT2D eigenvalue weighted by atomic mass is 10.1. The number of hydrogen-bond acceptors (Lipinski definition) is 5. The highest BCUT2D eigenvalue weighted by molar-refractivity contribution is 7.09. The number of aromatic nitrogens is 1. The minimum Gasteiger partial charge on any atom is -0.497 e. The van der Waals surface area contributed by atoms with Gasteiger partial charge in [0.2, 0.25) is 0 Å². The van der Waals surface area contributed by atoms with E-state index in [0.29, 0.717) is 0 Å². The molecule has 1 heterocycles. The van der Waals surface area contributed by atoms with Gasteiger partial charge in [0.1, 0.15) is 5.75 Å². The van der Waals surface area contributed by atoms with Crippen molar-refractivity contribution in [2.75, 3.05) is 14.2 Å². The van der Waals surface area contributed by atoms with E-state index in [-0.39, 0.29) is 12.4 Å². The Hall–Kier alpha value is -1.88. The molecule has 0 amide bonds. The molecule has 0 saturated carbocycles. The fraction of sp³-hybridized carbons (Fsp3) is 0.286. The van der Waals surface area contributed by atoms with Gasteiger partial charge in [-0.2, -0.15) is 0 Å². The number of rotatable bonds is 5. The topological polar surface area (TPSA) is 48.4 Å². The second kappa shape index (κ2) is 6.33. The van der Waals surface area contributed by atoms with Crippen molar-refractivity contribution in [2.24, 2.45) is 0 Å². The van der Waals surface area contributed by atoms with Crippen LogP contribution in [0.15, 0.2) is 29.6 Å². The van der Waals surface area contributed by atoms with Crippen LogP contribution in [0.4, 0.5) is 0 Å². The van der Waals surface area contributed by atoms with E-state index in [4.69, 9.17) is 4.74 Å². The van der Waals surface area contributed by atoms with E-state index < -0.39 is 0 Å². The lowest BCUT2D eigenvalue weighted by Gasteiger charge is -2.02. The van der Waals surface area contributed by atoms with Crippen molar-refractivity contribution in [3.63, 3.8) is 0 Å². The number of carbonyl (C=O) groups excluding carboxylic acids is 1. The Kier molecular flexibility index (Phi) is 4.52. The Labute approximate surface area is 116 Å². The first-order chi connectivity index (χ1) is 9.21. The van der Waals surface area contributed by atoms with E-state index in [2.05, 4.69) is 9.72 Å². The SMILES string of the molecule is COC(=O)Cc1csc(Cc2cccc(OC)c2)n1. The van der Waals surface area contributed by atoms with Gasteiger partial charge in [0.15, 0.2) is 0 Å². The van der Waals surface area contributed by atoms with Gasteiger partial charge in [-0.25, -0.2) is 4.98 Å². The largest absolute Gasteiger partial charge is 0.497 e. The molecule has 0 aliphatic heterocycles. The van der Waals surface area contributed by atoms with Crippen molar-refractivity contribution >= 4 is 17.3 Å². The molecule has 0 atom stereocenters. The zero-order chi connectivity index (χ0) is 13.7. The highest BCUT2D eigenvalue weighted by atomic mass is 32.1. The molecule has 100 valence electrons. The molecular formula is C14H15NO3S. The zero-order valence-corrected chi connectivity index (χ0v) is 11.7. The third-order valence-electron chi connectivity index (χ3n) is 2.64. The number of esters is 1. The van der Waals surface area contributed by atoms with E-state index in [1.54, 1.807) is 18.4 Å². The molecule has 0 fully saturated rings. The summed E-state index contributed by atoms with van der Waals surface area (Å²) in [5.41, 5.74) is 1.90. The third kappa shape index (κ3) is 3.79. The van der Waals surface area contributed by atoms with Gasteiger partial charge in [-0.3, -0.25) is 4.79 Å². The molecule has 0 unspecified atom stereocenters. The van der Waals surface area contributed by atoms with E-state index in [0.717, 1.165) is 28.4 Å². The number of thiazole rings is 1. The van der Waals surface area contributed by atoms with E-state index in [9.17, 15) is 4.79 Å². The Bertz CT molecular complexity index is 565. The Morgan fingerprint density at radius 3 is 2.95 bits per heavy atom. The highest BCUT2D eigenvalue weighted by Crippen LogP contribution is 2.18. The fourth-order valence-corrected chi connectivity index (χ4v) is 2.52. The van der Waals surface area contributed by atoms with E-state index in [1.165, 1.54) is 7.11 Å². The average molecular weight is 277 g/mol. The molecule has 2 aromatic rings. The summed E-state index contributed by atoms with van der Waals surface area (Å²) in [4.78, 5) is 15.6. The van der Waals surface area contributed by atoms with Gasteiger partial charge in [-0.05, 0) is 17.7 Å². The predicted octanol–water partition coefficient (Wildman–Crippen LogP) is 2.46. The number of ether oxygens (including phenoxy) is 2. The second-order valence-electron chi connectivity index (χ2n) is 4.01. The summed E-state index contributed by atoms with van der Waals surface area (Å²) in [6.45, 7) is 0. The molecular weight excluding hydrogens is 262 g/mol. The first-order valence-electron chi connectivity index (χ1n) is 5.84. The summed E-state index contributed by atoms with van der Waals surface area (Å²) in [6.07, 6.45) is 0.966. The normalized spacial score (nSPS) is 10.2. The molecule has 0 radical (unpaired) electrons. The summed E-state index contributed by atoms with van der Waals surface area (Å²) in [7, 11) is 3.03. The molecule has 1 aromatic heterocycles. The summed E-state index contributed by atoms with van der Waals surface area (Å²) < 4.78 is 9.81. The van der Waals surface area contributed by atoms with Crippen LogP contribution in [0.5, 0.6) is 5.75 Å². The lowest BCUT2D eigenvalue weighted by molar-refractivity contribution is -0.139. The first-order valence-corrected chi connectivity index (χ1v) is 6.72. The number of nitrogens with zero attached hydrogens (tertiary/aromatic N) is 1. The molecule has 0 aliphatic rings. The number of hydrogen-bond donors (Lipinski definition) is 0. The van der Waals surface area contributed by atoms with E-state index >= 15 is 0 Å². The van der Waals surface area contributed by atoms with Gasteiger partial charge in [-0.1, -0.05) is 12.1 Å². The maximum Gasteiger partial charge on any atom is 0.311 e. The maximum absolute atomic E-state index is 11.2. The molecule has 1 aromatic carbocycles. The van der Waals surface area contributed by atoms with Gasteiger partial charge in [0.05, 0.1) is 31.3 Å². The van der Waals surface area contributed by atoms with Crippen LogP contribution in [-0.4, -0.2) is 25.2 Å². The van der Waals surface area contributed by atoms with Crippen LogP contribution in [0.1, 0.15) is 16.3 Å². The van der Waals surface area contributed by atoms with Gasteiger partial charge in [-0.15, -0.1) is 11.3 Å². The van der Waals surface area contributed by atoms with Crippen LogP contribution in [0, 0.1) is 0 Å². The Morgan fingerprint density at radius 2 is 2.21 bits per heavy atom. The van der Waals surface area contributed by atoms with Gasteiger partial charge in [0, 0.05) is 11.8 Å². The van der Waals surface area contributed by atoms with Gasteiger partial charge < -0.3 is 9.47 Å². The molecule has 2 rings (SSSR count). The summed E-state index contributed by atoms with van der Waals surface area (Å²) in [5.74, 6) is 0.571. The van der Waals surface area contributed by atoms with Crippen molar-refractivity contribution in [2.45, 2.75) is 12.8 Å². The van der Waals surface area contributed by atoms with Gasteiger partial charge in [0.25, 0.3) is 0 Å². The summed E-state index contributed by atoms with van der Waals surface area (Å²) in [5, 5.41) is 2.87. The molecule has 0 N–H and O–H groups in total. The van der Waals surface area contributed by atoms with Gasteiger partial charge >= 0.3 is 5.97 Å². The van der Waals surface area contributed by atoms with Crippen molar-refractivity contribution in [3.8, 4) is 5.75 Å². The molecule has 0 bridgehead atoms. The Balaban J connectivity index is 2.04. The molecule has 5 heteroatoms. The molecule has 0 spiro atoms. The third-order valence-corrected chi connectivity index (χ3v) is 3.54. The van der Waals surface area contributed by atoms with Crippen molar-refractivity contribution in [1.29, 1.82) is 0 Å². The minimum atomic E-state index is -0.266. The number of carbonyl (C=O) groups is 1. The smallest absolute Gasteiger partial charge is 0.311 e. The first kappa shape index (κ1) is 13.5. The van der Waals surface area contributed by atoms with E-state index in [1.807, 2.05) is 29.6 Å². The van der Waals surface area contributed by atoms with Crippen LogP contribution < -0.4 is 4.74 Å². The fourth-order valence-electron chi connectivity index (χ4n) is 1.69. The van der Waals surface area contributed by atoms with Crippen LogP contribution in [0.2, 0.25) is 0 Å². The molecule has 19 heavy (non-hydrogen) atoms. The van der Waals surface area contributed by atoms with Crippen LogP contribution in [0.25, 0.3) is 0 Å². The Morgan fingerprint density at radius 1 is 1.37 bits per heavy atom. The lowest BCUT2D eigenvalue weighted by Crippen LogP contribution is -2.04. The monoisotopic (exact) mass is 277 g/mol. The highest BCUT2D eigenvalue weighted by Gasteiger charge is 2.08.